The number of esters is 1. The zero-order valence-corrected chi connectivity index (χ0v) is 14.0. The summed E-state index contributed by atoms with van der Waals surface area (Å²) in [6.07, 6.45) is 0. The van der Waals surface area contributed by atoms with Crippen LogP contribution in [0.2, 0.25) is 0 Å². The van der Waals surface area contributed by atoms with E-state index < -0.39 is 0 Å². The molecule has 102 valence electrons. The van der Waals surface area contributed by atoms with Crippen LogP contribution in [-0.4, -0.2) is 12.6 Å². The summed E-state index contributed by atoms with van der Waals surface area (Å²) in [7, 11) is 0. The number of ether oxygens (including phenoxy) is 1. The topological polar surface area (TPSA) is 26.3 Å². The first-order valence-corrected chi connectivity index (χ1v) is 7.87. The first-order valence-electron chi connectivity index (χ1n) is 6.29. The molecule has 0 spiro atoms. The van der Waals surface area contributed by atoms with Gasteiger partial charge < -0.3 is 4.74 Å². The molecule has 1 aliphatic rings. The molecule has 2 aromatic rings. The molecule has 0 amide bonds. The molecule has 0 aliphatic heterocycles. The molecule has 1 aliphatic carbocycles. The van der Waals surface area contributed by atoms with Crippen molar-refractivity contribution in [2.24, 2.45) is 0 Å². The summed E-state index contributed by atoms with van der Waals surface area (Å²) in [5.41, 5.74) is 4.84. The van der Waals surface area contributed by atoms with Crippen LogP contribution in [0.1, 0.15) is 24.0 Å². The largest absolute Gasteiger partial charge is 0.465 e. The summed E-state index contributed by atoms with van der Waals surface area (Å²) < 4.78 is 7.33. The molecular formula is C16H12Br2O2. The minimum absolute atomic E-state index is 0.0962. The van der Waals surface area contributed by atoms with Gasteiger partial charge >= 0.3 is 5.97 Å². The van der Waals surface area contributed by atoms with E-state index in [-0.39, 0.29) is 11.9 Å². The maximum absolute atomic E-state index is 11.1. The number of fused-ring (bicyclic) bond motifs is 3. The van der Waals surface area contributed by atoms with Gasteiger partial charge in [0, 0.05) is 21.8 Å². The zero-order valence-electron chi connectivity index (χ0n) is 10.8. The van der Waals surface area contributed by atoms with Crippen LogP contribution in [0.3, 0.4) is 0 Å². The summed E-state index contributed by atoms with van der Waals surface area (Å²) >= 11 is 7.03. The SMILES string of the molecule is CC(=O)OCC1c2cc(Br)ccc2-c2ccc(Br)cc21. The molecular weight excluding hydrogens is 384 g/mol. The Labute approximate surface area is 134 Å². The van der Waals surface area contributed by atoms with Gasteiger partial charge in [0.25, 0.3) is 0 Å². The van der Waals surface area contributed by atoms with E-state index in [1.54, 1.807) is 0 Å². The van der Waals surface area contributed by atoms with Crippen molar-refractivity contribution in [2.75, 3.05) is 6.61 Å². The lowest BCUT2D eigenvalue weighted by Crippen LogP contribution is -2.10. The molecule has 0 heterocycles. The molecule has 3 rings (SSSR count). The molecule has 0 fully saturated rings. The predicted molar refractivity (Wildman–Crippen MR) is 85.8 cm³/mol. The highest BCUT2D eigenvalue weighted by atomic mass is 79.9. The zero-order chi connectivity index (χ0) is 14.3. The minimum Gasteiger partial charge on any atom is -0.465 e. The molecule has 0 N–H and O–H groups in total. The van der Waals surface area contributed by atoms with Crippen molar-refractivity contribution in [1.29, 1.82) is 0 Å². The summed E-state index contributed by atoms with van der Waals surface area (Å²) in [5.74, 6) is -0.149. The van der Waals surface area contributed by atoms with Crippen molar-refractivity contribution < 1.29 is 9.53 Å². The van der Waals surface area contributed by atoms with Gasteiger partial charge in [0.15, 0.2) is 0 Å². The molecule has 0 bridgehead atoms. The van der Waals surface area contributed by atoms with Crippen LogP contribution in [0.15, 0.2) is 45.3 Å². The fraction of sp³-hybridized carbons (Fsp3) is 0.188. The van der Waals surface area contributed by atoms with Gasteiger partial charge in [0.05, 0.1) is 0 Å². The number of hydrogen-bond acceptors (Lipinski definition) is 2. The van der Waals surface area contributed by atoms with Crippen LogP contribution >= 0.6 is 31.9 Å². The first kappa shape index (κ1) is 13.8. The smallest absolute Gasteiger partial charge is 0.302 e. The third kappa shape index (κ3) is 2.42. The molecule has 0 aromatic heterocycles. The monoisotopic (exact) mass is 394 g/mol. The normalized spacial score (nSPS) is 12.9. The molecule has 0 saturated carbocycles. The average Bonchev–Trinajstić information content (AvgIpc) is 2.68. The van der Waals surface area contributed by atoms with Crippen LogP contribution in [0, 0.1) is 0 Å². The summed E-state index contributed by atoms with van der Waals surface area (Å²) in [4.78, 5) is 11.1. The second-order valence-electron chi connectivity index (χ2n) is 4.82. The Balaban J connectivity index is 2.11. The first-order chi connectivity index (χ1) is 9.56. The fourth-order valence-corrected chi connectivity index (χ4v) is 3.44. The van der Waals surface area contributed by atoms with Gasteiger partial charge in [-0.15, -0.1) is 0 Å². The van der Waals surface area contributed by atoms with Crippen molar-refractivity contribution in [3.05, 3.63) is 56.5 Å². The fourth-order valence-electron chi connectivity index (χ4n) is 2.68. The van der Waals surface area contributed by atoms with Crippen molar-refractivity contribution in [1.82, 2.24) is 0 Å². The Hall–Kier alpha value is -1.13. The van der Waals surface area contributed by atoms with E-state index in [0.717, 1.165) is 8.95 Å². The van der Waals surface area contributed by atoms with Crippen LogP contribution in [0.25, 0.3) is 11.1 Å². The van der Waals surface area contributed by atoms with Gasteiger partial charge in [-0.25, -0.2) is 0 Å². The van der Waals surface area contributed by atoms with Crippen molar-refractivity contribution in [3.63, 3.8) is 0 Å². The number of carbonyl (C=O) groups excluding carboxylic acids is 1. The quantitative estimate of drug-likeness (QED) is 0.677. The highest BCUT2D eigenvalue weighted by molar-refractivity contribution is 9.10. The molecule has 2 aromatic carbocycles. The average molecular weight is 396 g/mol. The van der Waals surface area contributed by atoms with Gasteiger partial charge in [-0.2, -0.15) is 0 Å². The molecule has 0 unspecified atom stereocenters. The number of benzene rings is 2. The van der Waals surface area contributed by atoms with E-state index in [0.29, 0.717) is 6.61 Å². The van der Waals surface area contributed by atoms with Crippen molar-refractivity contribution >= 4 is 37.8 Å². The summed E-state index contributed by atoms with van der Waals surface area (Å²) in [6.45, 7) is 1.82. The van der Waals surface area contributed by atoms with Gasteiger partial charge in [-0.3, -0.25) is 4.79 Å². The van der Waals surface area contributed by atoms with E-state index in [4.69, 9.17) is 4.74 Å². The van der Waals surface area contributed by atoms with E-state index in [1.807, 2.05) is 12.1 Å². The van der Waals surface area contributed by atoms with E-state index >= 15 is 0 Å². The van der Waals surface area contributed by atoms with E-state index in [2.05, 4.69) is 56.1 Å². The van der Waals surface area contributed by atoms with E-state index in [1.165, 1.54) is 29.2 Å². The van der Waals surface area contributed by atoms with Crippen LogP contribution in [0.4, 0.5) is 0 Å². The Morgan fingerprint density at radius 2 is 1.55 bits per heavy atom. The van der Waals surface area contributed by atoms with Gasteiger partial charge in [-0.1, -0.05) is 44.0 Å². The molecule has 20 heavy (non-hydrogen) atoms. The molecule has 2 nitrogen and oxygen atoms in total. The van der Waals surface area contributed by atoms with Crippen LogP contribution < -0.4 is 0 Å². The third-order valence-electron chi connectivity index (χ3n) is 3.52. The lowest BCUT2D eigenvalue weighted by molar-refractivity contribution is -0.141. The second-order valence-corrected chi connectivity index (χ2v) is 6.65. The maximum Gasteiger partial charge on any atom is 0.302 e. The highest BCUT2D eigenvalue weighted by Gasteiger charge is 2.29. The third-order valence-corrected chi connectivity index (χ3v) is 4.51. The number of carbonyl (C=O) groups is 1. The van der Waals surface area contributed by atoms with Gasteiger partial charge in [0.2, 0.25) is 0 Å². The predicted octanol–water partition coefficient (Wildman–Crippen LogP) is 4.89. The Kier molecular flexibility index (Phi) is 3.69. The van der Waals surface area contributed by atoms with Crippen molar-refractivity contribution in [3.8, 4) is 11.1 Å². The molecule has 0 atom stereocenters. The lowest BCUT2D eigenvalue weighted by Gasteiger charge is -2.13. The van der Waals surface area contributed by atoms with Gasteiger partial charge in [0.1, 0.15) is 6.61 Å². The lowest BCUT2D eigenvalue weighted by atomic mass is 9.98. The molecule has 4 heteroatoms. The van der Waals surface area contributed by atoms with Crippen LogP contribution in [0.5, 0.6) is 0 Å². The van der Waals surface area contributed by atoms with Gasteiger partial charge in [-0.05, 0) is 46.5 Å². The van der Waals surface area contributed by atoms with E-state index in [9.17, 15) is 4.79 Å². The Bertz CT molecular complexity index is 643. The standard InChI is InChI=1S/C16H12Br2O2/c1-9(19)20-8-16-14-6-10(17)2-4-12(14)13-5-3-11(18)7-15(13)16/h2-7,16H,8H2,1H3. The Morgan fingerprint density at radius 1 is 1.05 bits per heavy atom. The molecule has 0 saturated heterocycles. The van der Waals surface area contributed by atoms with Crippen LogP contribution in [-0.2, 0) is 9.53 Å². The number of hydrogen-bond donors (Lipinski definition) is 0. The Morgan fingerprint density at radius 3 is 2.00 bits per heavy atom. The second kappa shape index (κ2) is 5.34. The number of rotatable bonds is 2. The molecule has 0 radical (unpaired) electrons. The highest BCUT2D eigenvalue weighted by Crippen LogP contribution is 2.46. The summed E-state index contributed by atoms with van der Waals surface area (Å²) in [6, 6.07) is 12.5. The number of halogens is 2. The maximum atomic E-state index is 11.1. The summed E-state index contributed by atoms with van der Waals surface area (Å²) in [5, 5.41) is 0. The minimum atomic E-state index is -0.245. The van der Waals surface area contributed by atoms with Crippen molar-refractivity contribution in [2.45, 2.75) is 12.8 Å².